The number of nitrogens with zero attached hydrogens (tertiary/aromatic N) is 3. The fourth-order valence-electron chi connectivity index (χ4n) is 4.08. The Labute approximate surface area is 142 Å². The lowest BCUT2D eigenvalue weighted by Crippen LogP contribution is -2.33. The van der Waals surface area contributed by atoms with Gasteiger partial charge in [0.15, 0.2) is 0 Å². The average Bonchev–Trinajstić information content (AvgIpc) is 3.29. The molecule has 1 aliphatic carbocycles. The summed E-state index contributed by atoms with van der Waals surface area (Å²) in [6.07, 6.45) is 6.59. The Morgan fingerprint density at radius 1 is 1.25 bits per heavy atom. The van der Waals surface area contributed by atoms with Crippen LogP contribution in [0, 0.1) is 0 Å². The van der Waals surface area contributed by atoms with Crippen LogP contribution in [0.2, 0.25) is 0 Å². The highest BCUT2D eigenvalue weighted by Crippen LogP contribution is 2.35. The van der Waals surface area contributed by atoms with Gasteiger partial charge in [0.1, 0.15) is 5.82 Å². The number of hydrogen-bond acceptors (Lipinski definition) is 3. The molecule has 1 amide bonds. The lowest BCUT2D eigenvalue weighted by molar-refractivity contribution is -0.115. The first kappa shape index (κ1) is 15.2. The fraction of sp³-hybridized carbons (Fsp3) is 0.474. The largest absolute Gasteiger partial charge is 0.361 e. The zero-order valence-corrected chi connectivity index (χ0v) is 14.1. The van der Waals surface area contributed by atoms with E-state index in [-0.39, 0.29) is 5.91 Å². The van der Waals surface area contributed by atoms with Crippen LogP contribution in [0.25, 0.3) is 0 Å². The van der Waals surface area contributed by atoms with Gasteiger partial charge in [-0.15, -0.1) is 0 Å². The minimum absolute atomic E-state index is 0.0265. The second-order valence-corrected chi connectivity index (χ2v) is 6.99. The minimum atomic E-state index is 0.0265. The van der Waals surface area contributed by atoms with Crippen molar-refractivity contribution in [3.05, 3.63) is 42.1 Å². The highest BCUT2D eigenvalue weighted by Gasteiger charge is 2.27. The van der Waals surface area contributed by atoms with Gasteiger partial charge >= 0.3 is 0 Å². The molecule has 1 aromatic heterocycles. The molecule has 1 aliphatic heterocycles. The van der Waals surface area contributed by atoms with Crippen molar-refractivity contribution in [2.24, 2.45) is 0 Å². The quantitative estimate of drug-likeness (QED) is 0.935. The second kappa shape index (κ2) is 6.30. The molecule has 126 valence electrons. The molecule has 5 heteroatoms. The van der Waals surface area contributed by atoms with E-state index in [0.29, 0.717) is 18.5 Å². The summed E-state index contributed by atoms with van der Waals surface area (Å²) in [6.45, 7) is 3.50. The van der Waals surface area contributed by atoms with E-state index in [1.54, 1.807) is 6.20 Å². The molecule has 0 spiro atoms. The van der Waals surface area contributed by atoms with Gasteiger partial charge in [-0.3, -0.25) is 4.79 Å². The van der Waals surface area contributed by atoms with Crippen LogP contribution in [-0.2, 0) is 4.79 Å². The highest BCUT2D eigenvalue weighted by molar-refractivity contribution is 5.93. The third-order valence-corrected chi connectivity index (χ3v) is 5.25. The van der Waals surface area contributed by atoms with Gasteiger partial charge in [0.2, 0.25) is 5.91 Å². The van der Waals surface area contributed by atoms with Gasteiger partial charge in [0.05, 0.1) is 18.8 Å². The van der Waals surface area contributed by atoms with Crippen LogP contribution in [0.5, 0.6) is 0 Å². The molecule has 5 nitrogen and oxygen atoms in total. The molecule has 1 aromatic carbocycles. The third kappa shape index (κ3) is 2.79. The molecule has 1 unspecified atom stereocenters. The van der Waals surface area contributed by atoms with Gasteiger partial charge < -0.3 is 10.2 Å². The van der Waals surface area contributed by atoms with Crippen LogP contribution in [-0.4, -0.2) is 28.8 Å². The number of nitrogens with one attached hydrogen (secondary N) is 1. The highest BCUT2D eigenvalue weighted by atomic mass is 16.2. The van der Waals surface area contributed by atoms with Crippen molar-refractivity contribution < 1.29 is 4.79 Å². The lowest BCUT2D eigenvalue weighted by Gasteiger charge is -2.20. The number of hydrogen-bond donors (Lipinski definition) is 1. The molecular formula is C19H24N4O. The van der Waals surface area contributed by atoms with Gasteiger partial charge in [-0.1, -0.05) is 38.0 Å². The van der Waals surface area contributed by atoms with E-state index in [4.69, 9.17) is 0 Å². The van der Waals surface area contributed by atoms with Gasteiger partial charge in [-0.05, 0) is 24.5 Å². The maximum absolute atomic E-state index is 12.6. The maximum atomic E-state index is 12.6. The number of benzene rings is 1. The van der Waals surface area contributed by atoms with E-state index in [0.717, 1.165) is 25.2 Å². The van der Waals surface area contributed by atoms with Crippen LogP contribution < -0.4 is 10.2 Å². The number of rotatable bonds is 4. The van der Waals surface area contributed by atoms with E-state index < -0.39 is 0 Å². The van der Waals surface area contributed by atoms with Crippen LogP contribution >= 0.6 is 0 Å². The Balaban J connectivity index is 1.44. The molecule has 1 N–H and O–H groups in total. The summed E-state index contributed by atoms with van der Waals surface area (Å²) in [5.74, 6) is 1.32. The molecule has 4 rings (SSSR count). The Morgan fingerprint density at radius 2 is 2.04 bits per heavy atom. The maximum Gasteiger partial charge on any atom is 0.245 e. The van der Waals surface area contributed by atoms with Crippen LogP contribution in [0.1, 0.15) is 50.1 Å². The summed E-state index contributed by atoms with van der Waals surface area (Å²) in [4.78, 5) is 14.7. The molecule has 1 fully saturated rings. The summed E-state index contributed by atoms with van der Waals surface area (Å²) in [5.41, 5.74) is 2.52. The van der Waals surface area contributed by atoms with Crippen molar-refractivity contribution in [2.75, 3.05) is 23.3 Å². The first-order valence-electron chi connectivity index (χ1n) is 8.89. The Kier molecular flexibility index (Phi) is 4.00. The lowest BCUT2D eigenvalue weighted by atomic mass is 10.0. The smallest absolute Gasteiger partial charge is 0.245 e. The Hall–Kier alpha value is -2.30. The number of carbonyl (C=O) groups is 1. The normalized spacial score (nSPS) is 20.4. The summed E-state index contributed by atoms with van der Waals surface area (Å²) in [7, 11) is 0. The fourth-order valence-corrected chi connectivity index (χ4v) is 4.08. The molecule has 24 heavy (non-hydrogen) atoms. The van der Waals surface area contributed by atoms with Crippen molar-refractivity contribution in [1.29, 1.82) is 0 Å². The van der Waals surface area contributed by atoms with E-state index in [1.165, 1.54) is 24.1 Å². The van der Waals surface area contributed by atoms with Crippen molar-refractivity contribution in [3.63, 3.8) is 0 Å². The SMILES string of the molecule is CC1CN(CC(=O)Nc2ccnn2C2CCCC2)c2ccccc21. The van der Waals surface area contributed by atoms with E-state index in [9.17, 15) is 4.79 Å². The first-order chi connectivity index (χ1) is 11.7. The summed E-state index contributed by atoms with van der Waals surface area (Å²) in [6, 6.07) is 10.7. The molecule has 0 bridgehead atoms. The second-order valence-electron chi connectivity index (χ2n) is 6.99. The molecule has 0 saturated heterocycles. The van der Waals surface area contributed by atoms with Crippen molar-refractivity contribution >= 4 is 17.4 Å². The summed E-state index contributed by atoms with van der Waals surface area (Å²) >= 11 is 0. The predicted molar refractivity (Wildman–Crippen MR) is 95.4 cm³/mol. The molecular weight excluding hydrogens is 300 g/mol. The van der Waals surface area contributed by atoms with Gasteiger partial charge in [0, 0.05) is 24.2 Å². The zero-order valence-electron chi connectivity index (χ0n) is 14.1. The molecule has 1 saturated carbocycles. The minimum Gasteiger partial charge on any atom is -0.361 e. The number of amides is 1. The molecule has 0 radical (unpaired) electrons. The van der Waals surface area contributed by atoms with Crippen LogP contribution in [0.15, 0.2) is 36.5 Å². The Morgan fingerprint density at radius 3 is 2.88 bits per heavy atom. The molecule has 2 heterocycles. The predicted octanol–water partition coefficient (Wildman–Crippen LogP) is 3.56. The number of anilines is 2. The van der Waals surface area contributed by atoms with Crippen molar-refractivity contribution in [1.82, 2.24) is 9.78 Å². The number of carbonyl (C=O) groups excluding carboxylic acids is 1. The van der Waals surface area contributed by atoms with Crippen LogP contribution in [0.3, 0.4) is 0 Å². The van der Waals surface area contributed by atoms with E-state index >= 15 is 0 Å². The number of aromatic nitrogens is 2. The van der Waals surface area contributed by atoms with Gasteiger partial charge in [0.25, 0.3) is 0 Å². The number of fused-ring (bicyclic) bond motifs is 1. The molecule has 2 aromatic rings. The van der Waals surface area contributed by atoms with E-state index in [2.05, 4.69) is 40.4 Å². The average molecular weight is 324 g/mol. The zero-order chi connectivity index (χ0) is 16.5. The van der Waals surface area contributed by atoms with Crippen molar-refractivity contribution in [2.45, 2.75) is 44.6 Å². The van der Waals surface area contributed by atoms with Gasteiger partial charge in [-0.25, -0.2) is 4.68 Å². The molecule has 2 aliphatic rings. The number of para-hydroxylation sites is 1. The first-order valence-corrected chi connectivity index (χ1v) is 8.89. The van der Waals surface area contributed by atoms with Gasteiger partial charge in [-0.2, -0.15) is 5.10 Å². The summed E-state index contributed by atoms with van der Waals surface area (Å²) in [5, 5.41) is 7.48. The summed E-state index contributed by atoms with van der Waals surface area (Å²) < 4.78 is 1.99. The van der Waals surface area contributed by atoms with Crippen LogP contribution in [0.4, 0.5) is 11.5 Å². The Bertz CT molecular complexity index is 732. The molecule has 1 atom stereocenters. The topological polar surface area (TPSA) is 50.2 Å². The van der Waals surface area contributed by atoms with E-state index in [1.807, 2.05) is 16.8 Å². The van der Waals surface area contributed by atoms with Crippen molar-refractivity contribution in [3.8, 4) is 0 Å². The third-order valence-electron chi connectivity index (χ3n) is 5.25. The monoisotopic (exact) mass is 324 g/mol. The standard InChI is InChI=1S/C19H24N4O/c1-14-12-22(17-9-5-4-8-16(14)17)13-19(24)21-18-10-11-20-23(18)15-6-2-3-7-15/h4-5,8-11,14-15H,2-3,6-7,12-13H2,1H3,(H,21,24).